The molecule has 3 heterocycles. The summed E-state index contributed by atoms with van der Waals surface area (Å²) in [7, 11) is 0. The molecule has 2 aromatic carbocycles. The molecule has 1 fully saturated rings. The number of hydrogen-bond donors (Lipinski definition) is 2. The van der Waals surface area contributed by atoms with Crippen molar-refractivity contribution in [1.29, 1.82) is 0 Å². The number of nitrogens with zero attached hydrogens (tertiary/aromatic N) is 5. The molecule has 0 bridgehead atoms. The summed E-state index contributed by atoms with van der Waals surface area (Å²) in [6, 6.07) is 15.6. The van der Waals surface area contributed by atoms with Gasteiger partial charge >= 0.3 is 12.1 Å². The third-order valence-electron chi connectivity index (χ3n) is 7.88. The molecular weight excluding hydrogens is 578 g/mol. The lowest BCUT2D eigenvalue weighted by Crippen LogP contribution is -2.38. The second kappa shape index (κ2) is 13.8. The molecule has 6 rings (SSSR count). The number of fused-ring (bicyclic) bond motifs is 1. The van der Waals surface area contributed by atoms with Crippen LogP contribution in [0.1, 0.15) is 60.5 Å². The number of para-hydroxylation sites is 1. The van der Waals surface area contributed by atoms with Crippen molar-refractivity contribution in [3.63, 3.8) is 0 Å². The van der Waals surface area contributed by atoms with E-state index in [2.05, 4.69) is 25.9 Å². The SMILES string of the molecule is CCOC1Nc2cccc(C(=O)OCCOC(=O)OC3CCCCC3)c2N1Cc1ccc(-n2cc(C)cc2-c2nn[nH]n2)cc1. The fourth-order valence-corrected chi connectivity index (χ4v) is 5.81. The Bertz CT molecular complexity index is 1600. The number of aryl methyl sites for hydroxylation is 1. The first kappa shape index (κ1) is 30.1. The molecule has 0 saturated heterocycles. The molecule has 2 aliphatic rings. The maximum absolute atomic E-state index is 13.3. The zero-order chi connectivity index (χ0) is 31.2. The minimum absolute atomic E-state index is 0.0858. The summed E-state index contributed by atoms with van der Waals surface area (Å²) in [6.45, 7) is 4.71. The number of anilines is 2. The lowest BCUT2D eigenvalue weighted by Gasteiger charge is -2.27. The van der Waals surface area contributed by atoms with Crippen LogP contribution in [0.15, 0.2) is 54.7 Å². The van der Waals surface area contributed by atoms with Crippen LogP contribution < -0.4 is 10.2 Å². The van der Waals surface area contributed by atoms with Crippen molar-refractivity contribution >= 4 is 23.5 Å². The number of carbonyl (C=O) groups is 2. The van der Waals surface area contributed by atoms with E-state index in [0.29, 0.717) is 30.2 Å². The number of ether oxygens (including phenoxy) is 4. The fraction of sp³-hybridized carbons (Fsp3) is 0.406. The molecule has 2 N–H and O–H groups in total. The largest absolute Gasteiger partial charge is 0.508 e. The number of benzene rings is 2. The monoisotopic (exact) mass is 615 g/mol. The van der Waals surface area contributed by atoms with Crippen molar-refractivity contribution in [2.45, 2.75) is 65.0 Å². The van der Waals surface area contributed by atoms with Crippen molar-refractivity contribution in [2.24, 2.45) is 0 Å². The number of nitrogens with one attached hydrogen (secondary N) is 2. The van der Waals surface area contributed by atoms with Crippen LogP contribution in [0.4, 0.5) is 16.2 Å². The first-order chi connectivity index (χ1) is 22.0. The molecule has 0 amide bonds. The number of carbonyl (C=O) groups excluding carboxylic acids is 2. The molecule has 1 unspecified atom stereocenters. The molecule has 1 aliphatic heterocycles. The Hall–Kier alpha value is -4.91. The molecule has 13 nitrogen and oxygen atoms in total. The molecule has 1 aliphatic carbocycles. The van der Waals surface area contributed by atoms with Crippen molar-refractivity contribution in [3.8, 4) is 17.2 Å². The fourth-order valence-electron chi connectivity index (χ4n) is 5.81. The normalized spacial score (nSPS) is 16.2. The Kier molecular flexibility index (Phi) is 9.24. The van der Waals surface area contributed by atoms with Gasteiger partial charge in [0.25, 0.3) is 0 Å². The molecule has 0 radical (unpaired) electrons. The van der Waals surface area contributed by atoms with E-state index in [9.17, 15) is 9.59 Å². The van der Waals surface area contributed by atoms with Crippen LogP contribution in [-0.4, -0.2) is 69.6 Å². The van der Waals surface area contributed by atoms with Crippen LogP contribution in [0.25, 0.3) is 17.2 Å². The van der Waals surface area contributed by atoms with Gasteiger partial charge in [0.15, 0.2) is 0 Å². The first-order valence-corrected chi connectivity index (χ1v) is 15.3. The van der Waals surface area contributed by atoms with Crippen molar-refractivity contribution in [2.75, 3.05) is 30.0 Å². The van der Waals surface area contributed by atoms with Gasteiger partial charge in [0.05, 0.1) is 22.6 Å². The summed E-state index contributed by atoms with van der Waals surface area (Å²) in [5.41, 5.74) is 5.69. The highest BCUT2D eigenvalue weighted by Gasteiger charge is 2.33. The van der Waals surface area contributed by atoms with E-state index in [1.54, 1.807) is 12.1 Å². The topological polar surface area (TPSA) is 146 Å². The predicted octanol–water partition coefficient (Wildman–Crippen LogP) is 5.36. The molecule has 4 aromatic rings. The van der Waals surface area contributed by atoms with Gasteiger partial charge in [-0.05, 0) is 86.2 Å². The minimum Gasteiger partial charge on any atom is -0.458 e. The third kappa shape index (κ3) is 6.93. The van der Waals surface area contributed by atoms with Crippen LogP contribution >= 0.6 is 0 Å². The molecular formula is C32H37N7O6. The van der Waals surface area contributed by atoms with Gasteiger partial charge in [-0.3, -0.25) is 0 Å². The average molecular weight is 616 g/mol. The summed E-state index contributed by atoms with van der Waals surface area (Å²) in [5.74, 6) is -0.01000. The maximum Gasteiger partial charge on any atom is 0.508 e. The Morgan fingerprint density at radius 3 is 2.58 bits per heavy atom. The number of hydrogen-bond acceptors (Lipinski definition) is 11. The first-order valence-electron chi connectivity index (χ1n) is 15.3. The van der Waals surface area contributed by atoms with E-state index in [4.69, 9.17) is 18.9 Å². The second-order valence-corrected chi connectivity index (χ2v) is 11.1. The van der Waals surface area contributed by atoms with Crippen LogP contribution in [0, 0.1) is 6.92 Å². The minimum atomic E-state index is -0.725. The molecule has 1 atom stereocenters. The van der Waals surface area contributed by atoms with Gasteiger partial charge in [-0.25, -0.2) is 9.59 Å². The Morgan fingerprint density at radius 1 is 1.02 bits per heavy atom. The lowest BCUT2D eigenvalue weighted by molar-refractivity contribution is -0.00181. The van der Waals surface area contributed by atoms with E-state index in [1.807, 2.05) is 65.9 Å². The zero-order valence-electron chi connectivity index (χ0n) is 25.4. The van der Waals surface area contributed by atoms with Crippen molar-refractivity contribution in [3.05, 3.63) is 71.4 Å². The average Bonchev–Trinajstić information content (AvgIpc) is 3.80. The summed E-state index contributed by atoms with van der Waals surface area (Å²) in [5, 5.41) is 17.8. The number of H-pyrrole nitrogens is 1. The Labute approximate surface area is 260 Å². The van der Waals surface area contributed by atoms with Gasteiger partial charge in [-0.1, -0.05) is 24.6 Å². The summed E-state index contributed by atoms with van der Waals surface area (Å²) in [6.07, 6.45) is 5.70. The number of esters is 1. The van der Waals surface area contributed by atoms with E-state index >= 15 is 0 Å². The van der Waals surface area contributed by atoms with Crippen LogP contribution in [0.2, 0.25) is 0 Å². The Balaban J connectivity index is 1.13. The molecule has 236 valence electrons. The summed E-state index contributed by atoms with van der Waals surface area (Å²) in [4.78, 5) is 27.3. The number of aromatic nitrogens is 5. The standard InChI is InChI=1S/C32H37N7O6/c1-3-42-31-33-26-11-7-10-25(30(40)43-16-17-44-32(41)45-24-8-5-4-6-9-24)28(26)39(31)20-22-12-14-23(15-13-22)38-19-21(2)18-27(38)29-34-36-37-35-29/h7,10-15,18-19,24,31,33H,3-6,8-9,16-17,20H2,1-2H3,(H,34,35,36,37). The van der Waals surface area contributed by atoms with Gasteiger partial charge in [-0.15, -0.1) is 10.2 Å². The van der Waals surface area contributed by atoms with E-state index in [1.165, 1.54) is 0 Å². The quantitative estimate of drug-likeness (QED) is 0.166. The highest BCUT2D eigenvalue weighted by Crippen LogP contribution is 2.39. The summed E-state index contributed by atoms with van der Waals surface area (Å²) < 4.78 is 24.1. The van der Waals surface area contributed by atoms with Gasteiger partial charge in [-0.2, -0.15) is 5.21 Å². The van der Waals surface area contributed by atoms with Crippen LogP contribution in [0.5, 0.6) is 0 Å². The zero-order valence-corrected chi connectivity index (χ0v) is 25.4. The molecule has 13 heteroatoms. The smallest absolute Gasteiger partial charge is 0.458 e. The van der Waals surface area contributed by atoms with E-state index in [0.717, 1.165) is 60.3 Å². The van der Waals surface area contributed by atoms with E-state index < -0.39 is 18.5 Å². The van der Waals surface area contributed by atoms with E-state index in [-0.39, 0.29) is 19.3 Å². The van der Waals surface area contributed by atoms with Crippen molar-refractivity contribution in [1.82, 2.24) is 25.2 Å². The highest BCUT2D eigenvalue weighted by atomic mass is 16.7. The van der Waals surface area contributed by atoms with Crippen LogP contribution in [-0.2, 0) is 25.5 Å². The summed E-state index contributed by atoms with van der Waals surface area (Å²) >= 11 is 0. The second-order valence-electron chi connectivity index (χ2n) is 11.1. The number of aromatic amines is 1. The highest BCUT2D eigenvalue weighted by molar-refractivity contribution is 6.00. The van der Waals surface area contributed by atoms with Crippen LogP contribution in [0.3, 0.4) is 0 Å². The molecule has 0 spiro atoms. The van der Waals surface area contributed by atoms with Gasteiger partial charge in [0.1, 0.15) is 19.3 Å². The third-order valence-corrected chi connectivity index (χ3v) is 7.88. The molecule has 2 aromatic heterocycles. The number of rotatable bonds is 11. The van der Waals surface area contributed by atoms with Gasteiger partial charge < -0.3 is 33.7 Å². The van der Waals surface area contributed by atoms with Gasteiger partial charge in [0, 0.05) is 25.0 Å². The molecule has 1 saturated carbocycles. The maximum atomic E-state index is 13.3. The lowest BCUT2D eigenvalue weighted by atomic mass is 9.98. The van der Waals surface area contributed by atoms with Crippen molar-refractivity contribution < 1.29 is 28.5 Å². The molecule has 45 heavy (non-hydrogen) atoms. The Morgan fingerprint density at radius 2 is 1.82 bits per heavy atom. The predicted molar refractivity (Wildman–Crippen MR) is 165 cm³/mol. The van der Waals surface area contributed by atoms with Gasteiger partial charge in [0.2, 0.25) is 12.2 Å². The number of tetrazole rings is 1.